The van der Waals surface area contributed by atoms with Gasteiger partial charge in [0.25, 0.3) is 0 Å². The van der Waals surface area contributed by atoms with Gasteiger partial charge >= 0.3 is 0 Å². The Kier molecular flexibility index (Phi) is 12.1. The van der Waals surface area contributed by atoms with E-state index in [4.69, 9.17) is 0 Å². The molecule has 1 amide bonds. The molecule has 0 radical (unpaired) electrons. The number of nitrogens with two attached hydrogens (primary N) is 1. The smallest absolute Gasteiger partial charge is 0.240 e. The van der Waals surface area contributed by atoms with E-state index < -0.39 is 5.91 Å². The van der Waals surface area contributed by atoms with Crippen molar-refractivity contribution in [1.82, 2.24) is 0 Å². The van der Waals surface area contributed by atoms with Gasteiger partial charge in [0.1, 0.15) is 5.75 Å². The van der Waals surface area contributed by atoms with E-state index in [1.165, 1.54) is 44.9 Å². The lowest BCUT2D eigenvalue weighted by Gasteiger charge is -2.04. The molecule has 0 spiro atoms. The van der Waals surface area contributed by atoms with Gasteiger partial charge in [0, 0.05) is 0 Å². The molecule has 0 aromatic heterocycles. The van der Waals surface area contributed by atoms with Gasteiger partial charge in [-0.2, -0.15) is 0 Å². The summed E-state index contributed by atoms with van der Waals surface area (Å²) in [7, 11) is 0. The van der Waals surface area contributed by atoms with Crippen molar-refractivity contribution in [3.8, 4) is 5.75 Å². The van der Waals surface area contributed by atoms with Crippen LogP contribution < -0.4 is 5.73 Å². The molecule has 0 aliphatic rings. The summed E-state index contributed by atoms with van der Waals surface area (Å²) in [5, 5.41) is 9.58. The third kappa shape index (κ3) is 11.7. The summed E-state index contributed by atoms with van der Waals surface area (Å²) >= 11 is 0. The van der Waals surface area contributed by atoms with Gasteiger partial charge in [0.05, 0.1) is 0 Å². The highest BCUT2D eigenvalue weighted by Crippen LogP contribution is 2.18. The van der Waals surface area contributed by atoms with E-state index in [1.807, 2.05) is 18.2 Å². The van der Waals surface area contributed by atoms with E-state index in [-0.39, 0.29) is 0 Å². The van der Waals surface area contributed by atoms with Crippen LogP contribution in [0.2, 0.25) is 0 Å². The van der Waals surface area contributed by atoms with Gasteiger partial charge in [-0.25, -0.2) is 0 Å². The van der Waals surface area contributed by atoms with Gasteiger partial charge < -0.3 is 10.8 Å². The maximum atomic E-state index is 9.58. The number of para-hydroxylation sites is 1. The molecular formula is C18H29NO2. The van der Waals surface area contributed by atoms with E-state index >= 15 is 0 Å². The van der Waals surface area contributed by atoms with Gasteiger partial charge in [0.2, 0.25) is 5.91 Å². The van der Waals surface area contributed by atoms with Crippen LogP contribution in [-0.4, -0.2) is 11.0 Å². The number of aromatic hydroxyl groups is 1. The van der Waals surface area contributed by atoms with E-state index in [1.54, 1.807) is 6.07 Å². The normalized spacial score (nSPS) is 9.57. The van der Waals surface area contributed by atoms with Crippen LogP contribution in [0.25, 0.3) is 0 Å². The van der Waals surface area contributed by atoms with Crippen molar-refractivity contribution in [1.29, 1.82) is 0 Å². The monoisotopic (exact) mass is 291 g/mol. The van der Waals surface area contributed by atoms with Crippen molar-refractivity contribution in [3.05, 3.63) is 42.5 Å². The number of phenols is 1. The van der Waals surface area contributed by atoms with Crippen LogP contribution in [0.15, 0.2) is 36.9 Å². The lowest BCUT2D eigenvalue weighted by atomic mass is 10.0. The van der Waals surface area contributed by atoms with Crippen LogP contribution >= 0.6 is 0 Å². The minimum absolute atomic E-state index is 0.452. The van der Waals surface area contributed by atoms with Crippen molar-refractivity contribution < 1.29 is 9.90 Å². The van der Waals surface area contributed by atoms with Crippen LogP contribution in [0.5, 0.6) is 5.75 Å². The minimum atomic E-state index is -0.481. The van der Waals surface area contributed by atoms with E-state index in [2.05, 4.69) is 19.2 Å². The molecule has 1 aromatic rings. The largest absolute Gasteiger partial charge is 0.508 e. The average Bonchev–Trinajstić information content (AvgIpc) is 2.48. The molecule has 0 saturated carbocycles. The summed E-state index contributed by atoms with van der Waals surface area (Å²) in [6.45, 7) is 5.33. The molecule has 21 heavy (non-hydrogen) atoms. The zero-order valence-electron chi connectivity index (χ0n) is 13.2. The van der Waals surface area contributed by atoms with E-state index in [0.717, 1.165) is 18.1 Å². The Morgan fingerprint density at radius 3 is 2.19 bits per heavy atom. The number of amides is 1. The zero-order valence-corrected chi connectivity index (χ0v) is 13.2. The second kappa shape index (κ2) is 13.2. The first-order valence-electron chi connectivity index (χ1n) is 7.80. The Labute approximate surface area is 128 Å². The third-order valence-electron chi connectivity index (χ3n) is 3.24. The fraction of sp³-hybridized carbons (Fsp3) is 0.500. The van der Waals surface area contributed by atoms with Crippen LogP contribution in [0.1, 0.15) is 57.4 Å². The molecule has 0 bridgehead atoms. The summed E-state index contributed by atoms with van der Waals surface area (Å²) in [6, 6.07) is 7.67. The Morgan fingerprint density at radius 1 is 1.14 bits per heavy atom. The summed E-state index contributed by atoms with van der Waals surface area (Å²) in [5.74, 6) is -0.0292. The molecule has 3 nitrogen and oxygen atoms in total. The zero-order chi connectivity index (χ0) is 15.9. The predicted molar refractivity (Wildman–Crippen MR) is 89.2 cm³/mol. The Bertz CT molecular complexity index is 402. The quantitative estimate of drug-likeness (QED) is 0.525. The molecule has 0 heterocycles. The molecule has 0 fully saturated rings. The predicted octanol–water partition coefficient (Wildman–Crippen LogP) is 4.34. The molecule has 3 heteroatoms. The fourth-order valence-electron chi connectivity index (χ4n) is 1.99. The van der Waals surface area contributed by atoms with E-state index in [9.17, 15) is 9.90 Å². The molecule has 0 unspecified atom stereocenters. The number of benzene rings is 1. The van der Waals surface area contributed by atoms with Crippen molar-refractivity contribution >= 4 is 5.91 Å². The number of carbonyl (C=O) groups excluding carboxylic acids is 1. The minimum Gasteiger partial charge on any atom is -0.508 e. The highest BCUT2D eigenvalue weighted by Gasteiger charge is 1.98. The van der Waals surface area contributed by atoms with Crippen molar-refractivity contribution in [3.63, 3.8) is 0 Å². The van der Waals surface area contributed by atoms with Crippen molar-refractivity contribution in [2.45, 2.75) is 58.3 Å². The van der Waals surface area contributed by atoms with Gasteiger partial charge in [-0.1, -0.05) is 70.2 Å². The number of hydrogen-bond acceptors (Lipinski definition) is 2. The number of phenolic OH excluding ortho intramolecular Hbond substituents is 1. The second-order valence-corrected chi connectivity index (χ2v) is 5.11. The number of hydrogen-bond donors (Lipinski definition) is 2. The number of rotatable bonds is 9. The molecular weight excluding hydrogens is 262 g/mol. The summed E-state index contributed by atoms with van der Waals surface area (Å²) in [5.41, 5.74) is 5.63. The fourth-order valence-corrected chi connectivity index (χ4v) is 1.99. The molecule has 0 aliphatic heterocycles. The summed E-state index contributed by atoms with van der Waals surface area (Å²) in [4.78, 5) is 9.47. The Morgan fingerprint density at radius 2 is 1.67 bits per heavy atom. The number of carbonyl (C=O) groups is 1. The highest BCUT2D eigenvalue weighted by molar-refractivity contribution is 5.84. The number of aryl methyl sites for hydroxylation is 1. The molecule has 1 aromatic carbocycles. The van der Waals surface area contributed by atoms with Crippen LogP contribution in [-0.2, 0) is 11.2 Å². The Balaban J connectivity index is 0.000000690. The molecule has 0 aliphatic carbocycles. The molecule has 0 saturated heterocycles. The number of unbranched alkanes of at least 4 members (excludes halogenated alkanes) is 6. The van der Waals surface area contributed by atoms with Crippen LogP contribution in [0.4, 0.5) is 0 Å². The summed E-state index contributed by atoms with van der Waals surface area (Å²) < 4.78 is 0. The van der Waals surface area contributed by atoms with Crippen molar-refractivity contribution in [2.24, 2.45) is 5.73 Å². The second-order valence-electron chi connectivity index (χ2n) is 5.11. The summed E-state index contributed by atoms with van der Waals surface area (Å²) in [6.07, 6.45) is 11.3. The first-order chi connectivity index (χ1) is 10.1. The first-order valence-corrected chi connectivity index (χ1v) is 7.80. The topological polar surface area (TPSA) is 63.3 Å². The van der Waals surface area contributed by atoms with Gasteiger partial charge in [-0.3, -0.25) is 4.79 Å². The highest BCUT2D eigenvalue weighted by atomic mass is 16.3. The van der Waals surface area contributed by atoms with Gasteiger partial charge in [-0.05, 0) is 30.5 Å². The Hall–Kier alpha value is -1.77. The standard InChI is InChI=1S/C15H24O.C3H5NO/c1-2-3-4-5-6-7-8-11-14-12-9-10-13-15(14)16;1-2-3(4)5/h9-10,12-13,16H,2-8,11H2,1H3;2H,1H2,(H2,4,5). The van der Waals surface area contributed by atoms with Crippen LogP contribution in [0.3, 0.4) is 0 Å². The third-order valence-corrected chi connectivity index (χ3v) is 3.24. The molecule has 0 atom stereocenters. The molecule has 118 valence electrons. The SMILES string of the molecule is C=CC(N)=O.CCCCCCCCCc1ccccc1O. The maximum absolute atomic E-state index is 9.58. The van der Waals surface area contributed by atoms with Crippen LogP contribution in [0, 0.1) is 0 Å². The maximum Gasteiger partial charge on any atom is 0.240 e. The molecule has 3 N–H and O–H groups in total. The lowest BCUT2D eigenvalue weighted by Crippen LogP contribution is -2.04. The van der Waals surface area contributed by atoms with Crippen molar-refractivity contribution in [2.75, 3.05) is 0 Å². The van der Waals surface area contributed by atoms with Gasteiger partial charge in [-0.15, -0.1) is 0 Å². The first kappa shape index (κ1) is 19.2. The van der Waals surface area contributed by atoms with Gasteiger partial charge in [0.15, 0.2) is 0 Å². The number of primary amides is 1. The average molecular weight is 291 g/mol. The lowest BCUT2D eigenvalue weighted by molar-refractivity contribution is -0.113. The van der Waals surface area contributed by atoms with E-state index in [0.29, 0.717) is 5.75 Å². The molecule has 1 rings (SSSR count).